The van der Waals surface area contributed by atoms with Crippen molar-refractivity contribution in [2.45, 2.75) is 6.42 Å². The molecule has 0 atom stereocenters. The lowest BCUT2D eigenvalue weighted by Crippen LogP contribution is -1.95. The van der Waals surface area contributed by atoms with E-state index in [0.29, 0.717) is 24.3 Å². The maximum atomic E-state index is 11.2. The fourth-order valence-electron chi connectivity index (χ4n) is 1.41. The molecule has 3 nitrogen and oxygen atoms in total. The smallest absolute Gasteiger partial charge is 0.334 e. The van der Waals surface area contributed by atoms with E-state index in [1.54, 1.807) is 6.08 Å². The first kappa shape index (κ1) is 8.81. The van der Waals surface area contributed by atoms with Crippen LogP contribution in [0.15, 0.2) is 29.8 Å². The summed E-state index contributed by atoms with van der Waals surface area (Å²) in [5.74, 6) is -0.228. The molecular weight excluding hydrogens is 178 g/mol. The summed E-state index contributed by atoms with van der Waals surface area (Å²) in [5, 5.41) is 0. The van der Waals surface area contributed by atoms with Crippen molar-refractivity contribution in [3.05, 3.63) is 35.4 Å². The first-order valence-electron chi connectivity index (χ1n) is 4.49. The highest BCUT2D eigenvalue weighted by Crippen LogP contribution is 2.20. The van der Waals surface area contributed by atoms with E-state index in [9.17, 15) is 4.79 Å². The molecule has 3 heteroatoms. The lowest BCUT2D eigenvalue weighted by Gasteiger charge is -1.99. The zero-order chi connectivity index (χ0) is 9.97. The number of benzene rings is 1. The Bertz CT molecular complexity index is 396. The van der Waals surface area contributed by atoms with Crippen molar-refractivity contribution >= 4 is 17.7 Å². The van der Waals surface area contributed by atoms with Crippen LogP contribution < -0.4 is 5.73 Å². The SMILES string of the molecule is Nc1ccccc1/C=C1\CCOC1=O. The van der Waals surface area contributed by atoms with Gasteiger partial charge in [-0.15, -0.1) is 0 Å². The number of hydrogen-bond acceptors (Lipinski definition) is 3. The third-order valence-electron chi connectivity index (χ3n) is 2.19. The molecule has 14 heavy (non-hydrogen) atoms. The largest absolute Gasteiger partial charge is 0.462 e. The molecule has 0 aliphatic carbocycles. The van der Waals surface area contributed by atoms with Gasteiger partial charge in [0.25, 0.3) is 0 Å². The van der Waals surface area contributed by atoms with Crippen LogP contribution in [0.25, 0.3) is 6.08 Å². The number of carbonyl (C=O) groups excluding carboxylic acids is 1. The fourth-order valence-corrected chi connectivity index (χ4v) is 1.41. The number of hydrogen-bond donors (Lipinski definition) is 1. The summed E-state index contributed by atoms with van der Waals surface area (Å²) in [7, 11) is 0. The molecule has 1 aliphatic heterocycles. The van der Waals surface area contributed by atoms with Crippen molar-refractivity contribution < 1.29 is 9.53 Å². The van der Waals surface area contributed by atoms with Gasteiger partial charge in [-0.1, -0.05) is 18.2 Å². The number of cyclic esters (lactones) is 1. The van der Waals surface area contributed by atoms with E-state index in [4.69, 9.17) is 10.5 Å². The third kappa shape index (κ3) is 1.62. The van der Waals surface area contributed by atoms with Gasteiger partial charge < -0.3 is 10.5 Å². The molecule has 0 unspecified atom stereocenters. The average molecular weight is 189 g/mol. The minimum Gasteiger partial charge on any atom is -0.462 e. The Kier molecular flexibility index (Phi) is 2.23. The fraction of sp³-hybridized carbons (Fsp3) is 0.182. The van der Waals surface area contributed by atoms with Crippen molar-refractivity contribution in [3.63, 3.8) is 0 Å². The maximum absolute atomic E-state index is 11.2. The quantitative estimate of drug-likeness (QED) is 0.414. The summed E-state index contributed by atoms with van der Waals surface area (Å²) in [6, 6.07) is 7.45. The Hall–Kier alpha value is -1.77. The van der Waals surface area contributed by atoms with Crippen LogP contribution in [0, 0.1) is 0 Å². The molecule has 0 bridgehead atoms. The van der Waals surface area contributed by atoms with E-state index in [0.717, 1.165) is 5.56 Å². The molecule has 2 rings (SSSR count). The molecule has 0 saturated carbocycles. The van der Waals surface area contributed by atoms with Gasteiger partial charge in [0.2, 0.25) is 0 Å². The van der Waals surface area contributed by atoms with E-state index in [1.807, 2.05) is 24.3 Å². The highest BCUT2D eigenvalue weighted by atomic mass is 16.5. The van der Waals surface area contributed by atoms with Crippen LogP contribution in [-0.2, 0) is 9.53 Å². The van der Waals surface area contributed by atoms with Crippen LogP contribution in [0.1, 0.15) is 12.0 Å². The Morgan fingerprint density at radius 3 is 2.79 bits per heavy atom. The Balaban J connectivity index is 2.33. The number of ether oxygens (including phenoxy) is 1. The maximum Gasteiger partial charge on any atom is 0.334 e. The van der Waals surface area contributed by atoms with Gasteiger partial charge in [0.1, 0.15) is 0 Å². The summed E-state index contributed by atoms with van der Waals surface area (Å²) in [4.78, 5) is 11.2. The van der Waals surface area contributed by atoms with Crippen molar-refractivity contribution in [3.8, 4) is 0 Å². The summed E-state index contributed by atoms with van der Waals surface area (Å²) < 4.78 is 4.83. The summed E-state index contributed by atoms with van der Waals surface area (Å²) in [6.45, 7) is 0.484. The standard InChI is InChI=1S/C11H11NO2/c12-10-4-2-1-3-8(10)7-9-5-6-14-11(9)13/h1-4,7H,5-6,12H2/b9-7+. The van der Waals surface area contributed by atoms with Crippen LogP contribution in [0.5, 0.6) is 0 Å². The van der Waals surface area contributed by atoms with Gasteiger partial charge in [-0.2, -0.15) is 0 Å². The molecular formula is C11H11NO2. The van der Waals surface area contributed by atoms with E-state index in [2.05, 4.69) is 0 Å². The number of nitrogen functional groups attached to an aromatic ring is 1. The van der Waals surface area contributed by atoms with Gasteiger partial charge in [0.05, 0.1) is 6.61 Å². The van der Waals surface area contributed by atoms with Crippen LogP contribution in [0.2, 0.25) is 0 Å². The van der Waals surface area contributed by atoms with E-state index in [1.165, 1.54) is 0 Å². The molecule has 1 saturated heterocycles. The zero-order valence-corrected chi connectivity index (χ0v) is 7.69. The van der Waals surface area contributed by atoms with Gasteiger partial charge in [-0.3, -0.25) is 0 Å². The van der Waals surface area contributed by atoms with Crippen molar-refractivity contribution in [1.29, 1.82) is 0 Å². The van der Waals surface area contributed by atoms with Crippen LogP contribution in [0.4, 0.5) is 5.69 Å². The number of nitrogens with two attached hydrogens (primary N) is 1. The van der Waals surface area contributed by atoms with Crippen molar-refractivity contribution in [1.82, 2.24) is 0 Å². The molecule has 2 N–H and O–H groups in total. The molecule has 72 valence electrons. The first-order chi connectivity index (χ1) is 6.77. The topological polar surface area (TPSA) is 52.3 Å². The second-order valence-corrected chi connectivity index (χ2v) is 3.18. The average Bonchev–Trinajstić information content (AvgIpc) is 2.56. The van der Waals surface area contributed by atoms with E-state index >= 15 is 0 Å². The van der Waals surface area contributed by atoms with Crippen LogP contribution >= 0.6 is 0 Å². The van der Waals surface area contributed by atoms with E-state index < -0.39 is 0 Å². The van der Waals surface area contributed by atoms with Crippen molar-refractivity contribution in [2.75, 3.05) is 12.3 Å². The molecule has 1 aromatic rings. The van der Waals surface area contributed by atoms with Gasteiger partial charge in [0.15, 0.2) is 0 Å². The number of anilines is 1. The van der Waals surface area contributed by atoms with Crippen LogP contribution in [0.3, 0.4) is 0 Å². The van der Waals surface area contributed by atoms with Crippen LogP contribution in [-0.4, -0.2) is 12.6 Å². The predicted molar refractivity (Wildman–Crippen MR) is 54.4 cm³/mol. The second kappa shape index (κ2) is 3.54. The van der Waals surface area contributed by atoms with Gasteiger partial charge in [-0.25, -0.2) is 4.79 Å². The minimum absolute atomic E-state index is 0.228. The third-order valence-corrected chi connectivity index (χ3v) is 2.19. The molecule has 0 spiro atoms. The number of carbonyl (C=O) groups is 1. The molecule has 1 aliphatic rings. The highest BCUT2D eigenvalue weighted by molar-refractivity contribution is 5.96. The second-order valence-electron chi connectivity index (χ2n) is 3.18. The molecule has 1 fully saturated rings. The van der Waals surface area contributed by atoms with Gasteiger partial charge in [-0.05, 0) is 17.7 Å². The molecule has 0 aromatic heterocycles. The molecule has 1 heterocycles. The lowest BCUT2D eigenvalue weighted by atomic mass is 10.1. The number of para-hydroxylation sites is 1. The minimum atomic E-state index is -0.228. The summed E-state index contributed by atoms with van der Waals surface area (Å²) in [5.41, 5.74) is 8.00. The normalized spacial score (nSPS) is 18.6. The monoisotopic (exact) mass is 189 g/mol. The molecule has 0 radical (unpaired) electrons. The Morgan fingerprint density at radius 2 is 2.14 bits per heavy atom. The highest BCUT2D eigenvalue weighted by Gasteiger charge is 2.18. The summed E-state index contributed by atoms with van der Waals surface area (Å²) >= 11 is 0. The van der Waals surface area contributed by atoms with E-state index in [-0.39, 0.29) is 5.97 Å². The first-order valence-corrected chi connectivity index (χ1v) is 4.49. The zero-order valence-electron chi connectivity index (χ0n) is 7.69. The predicted octanol–water partition coefficient (Wildman–Crippen LogP) is 1.60. The van der Waals surface area contributed by atoms with Crippen molar-refractivity contribution in [2.24, 2.45) is 0 Å². The van der Waals surface area contributed by atoms with Gasteiger partial charge in [0, 0.05) is 17.7 Å². The van der Waals surface area contributed by atoms with Gasteiger partial charge >= 0.3 is 5.97 Å². The lowest BCUT2D eigenvalue weighted by molar-refractivity contribution is -0.134. The summed E-state index contributed by atoms with van der Waals surface area (Å²) in [6.07, 6.45) is 2.47. The number of rotatable bonds is 1. The number of esters is 1. The Labute approximate surface area is 82.2 Å². The molecule has 0 amide bonds. The Morgan fingerprint density at radius 1 is 1.36 bits per heavy atom. The molecule has 1 aromatic carbocycles.